The average molecular weight is 196 g/mol. The van der Waals surface area contributed by atoms with Crippen molar-refractivity contribution in [1.82, 2.24) is 0 Å². The molecular weight excluding hydrogens is 176 g/mol. The van der Waals surface area contributed by atoms with Crippen LogP contribution in [0.25, 0.3) is 0 Å². The minimum Gasteiger partial charge on any atom is -0.396 e. The van der Waals surface area contributed by atoms with Gasteiger partial charge in [0.05, 0.1) is 0 Å². The number of aliphatic hydroxyl groups is 1. The largest absolute Gasteiger partial charge is 0.396 e. The zero-order chi connectivity index (χ0) is 10.6. The van der Waals surface area contributed by atoms with Crippen LogP contribution in [0.3, 0.4) is 0 Å². The van der Waals surface area contributed by atoms with Gasteiger partial charge in [0.15, 0.2) is 5.78 Å². The van der Waals surface area contributed by atoms with E-state index in [1.54, 1.807) is 6.92 Å². The van der Waals surface area contributed by atoms with Crippen LogP contribution in [0.5, 0.6) is 0 Å². The van der Waals surface area contributed by atoms with E-state index in [1.165, 1.54) is 0 Å². The second-order valence-electron chi connectivity index (χ2n) is 4.48. The SMILES string of the molecule is C=C(C)C(=O)CC1CCC(CO)CC1. The summed E-state index contributed by atoms with van der Waals surface area (Å²) < 4.78 is 0. The quantitative estimate of drug-likeness (QED) is 0.701. The molecule has 1 aliphatic carbocycles. The van der Waals surface area contributed by atoms with Crippen LogP contribution in [0, 0.1) is 11.8 Å². The molecule has 0 saturated heterocycles. The molecule has 0 aromatic rings. The van der Waals surface area contributed by atoms with Crippen molar-refractivity contribution in [3.05, 3.63) is 12.2 Å². The lowest BCUT2D eigenvalue weighted by molar-refractivity contribution is -0.116. The number of ketones is 1. The van der Waals surface area contributed by atoms with Crippen LogP contribution < -0.4 is 0 Å². The molecule has 2 nitrogen and oxygen atoms in total. The van der Waals surface area contributed by atoms with Crippen LogP contribution in [-0.2, 0) is 4.79 Å². The monoisotopic (exact) mass is 196 g/mol. The van der Waals surface area contributed by atoms with Crippen molar-refractivity contribution in [2.75, 3.05) is 6.61 Å². The fourth-order valence-corrected chi connectivity index (χ4v) is 2.05. The predicted octanol–water partition coefficient (Wildman–Crippen LogP) is 2.32. The Hall–Kier alpha value is -0.630. The Bertz CT molecular complexity index is 212. The normalized spacial score (nSPS) is 27.3. The number of rotatable bonds is 4. The molecule has 1 rings (SSSR count). The Morgan fingerprint density at radius 2 is 1.79 bits per heavy atom. The standard InChI is InChI=1S/C12H20O2/c1-9(2)12(14)7-10-3-5-11(8-13)6-4-10/h10-11,13H,1,3-8H2,2H3. The van der Waals surface area contributed by atoms with Crippen molar-refractivity contribution >= 4 is 5.78 Å². The summed E-state index contributed by atoms with van der Waals surface area (Å²) in [6.07, 6.45) is 4.98. The van der Waals surface area contributed by atoms with E-state index >= 15 is 0 Å². The predicted molar refractivity (Wildman–Crippen MR) is 57.0 cm³/mol. The molecule has 1 fully saturated rings. The molecule has 0 amide bonds. The van der Waals surface area contributed by atoms with Gasteiger partial charge in [-0.2, -0.15) is 0 Å². The Kier molecular flexibility index (Phi) is 4.33. The lowest BCUT2D eigenvalue weighted by atomic mass is 9.80. The number of Topliss-reactive ketones (excluding diaryl/α,β-unsaturated/α-hetero) is 1. The zero-order valence-electron chi connectivity index (χ0n) is 8.96. The van der Waals surface area contributed by atoms with Gasteiger partial charge in [0.2, 0.25) is 0 Å². The Morgan fingerprint density at radius 1 is 1.29 bits per heavy atom. The highest BCUT2D eigenvalue weighted by atomic mass is 16.3. The third kappa shape index (κ3) is 3.26. The summed E-state index contributed by atoms with van der Waals surface area (Å²) in [6, 6.07) is 0. The summed E-state index contributed by atoms with van der Waals surface area (Å²) >= 11 is 0. The van der Waals surface area contributed by atoms with E-state index in [1.807, 2.05) is 0 Å². The van der Waals surface area contributed by atoms with Gasteiger partial charge in [-0.05, 0) is 50.0 Å². The van der Waals surface area contributed by atoms with Gasteiger partial charge in [0, 0.05) is 13.0 Å². The van der Waals surface area contributed by atoms with Crippen LogP contribution >= 0.6 is 0 Å². The van der Waals surface area contributed by atoms with Gasteiger partial charge >= 0.3 is 0 Å². The maximum Gasteiger partial charge on any atom is 0.158 e. The summed E-state index contributed by atoms with van der Waals surface area (Å²) in [5.74, 6) is 1.21. The first-order valence-corrected chi connectivity index (χ1v) is 5.43. The minimum absolute atomic E-state index is 0.206. The number of carbonyl (C=O) groups excluding carboxylic acids is 1. The van der Waals surface area contributed by atoms with Crippen molar-refractivity contribution in [3.8, 4) is 0 Å². The van der Waals surface area contributed by atoms with E-state index in [4.69, 9.17) is 5.11 Å². The zero-order valence-corrected chi connectivity index (χ0v) is 8.96. The van der Waals surface area contributed by atoms with E-state index < -0.39 is 0 Å². The molecule has 14 heavy (non-hydrogen) atoms. The highest BCUT2D eigenvalue weighted by Crippen LogP contribution is 2.30. The number of allylic oxidation sites excluding steroid dienone is 1. The number of hydrogen-bond donors (Lipinski definition) is 1. The Labute approximate surface area is 86.0 Å². The Balaban J connectivity index is 2.29. The van der Waals surface area contributed by atoms with Crippen molar-refractivity contribution in [2.24, 2.45) is 11.8 Å². The van der Waals surface area contributed by atoms with Crippen LogP contribution in [0.4, 0.5) is 0 Å². The third-order valence-electron chi connectivity index (χ3n) is 3.17. The second-order valence-corrected chi connectivity index (χ2v) is 4.48. The molecule has 0 heterocycles. The molecule has 0 aliphatic heterocycles. The molecule has 0 aromatic heterocycles. The van der Waals surface area contributed by atoms with E-state index in [9.17, 15) is 4.79 Å². The van der Waals surface area contributed by atoms with Crippen LogP contribution in [0.15, 0.2) is 12.2 Å². The lowest BCUT2D eigenvalue weighted by Crippen LogP contribution is -2.19. The summed E-state index contributed by atoms with van der Waals surface area (Å²) in [5.41, 5.74) is 0.675. The van der Waals surface area contributed by atoms with Gasteiger partial charge in [0.25, 0.3) is 0 Å². The van der Waals surface area contributed by atoms with E-state index in [0.717, 1.165) is 25.7 Å². The van der Waals surface area contributed by atoms with E-state index in [-0.39, 0.29) is 5.78 Å². The molecule has 80 valence electrons. The second kappa shape index (κ2) is 5.30. The van der Waals surface area contributed by atoms with Crippen LogP contribution in [-0.4, -0.2) is 17.5 Å². The first-order valence-electron chi connectivity index (χ1n) is 5.43. The van der Waals surface area contributed by atoms with Gasteiger partial charge < -0.3 is 5.11 Å². The van der Waals surface area contributed by atoms with Gasteiger partial charge in [-0.1, -0.05) is 6.58 Å². The summed E-state index contributed by atoms with van der Waals surface area (Å²) in [5, 5.41) is 8.97. The molecule has 0 bridgehead atoms. The van der Waals surface area contributed by atoms with E-state index in [2.05, 4.69) is 6.58 Å². The van der Waals surface area contributed by atoms with Crippen LogP contribution in [0.2, 0.25) is 0 Å². The first-order chi connectivity index (χ1) is 6.63. The van der Waals surface area contributed by atoms with Crippen molar-refractivity contribution < 1.29 is 9.90 Å². The Morgan fingerprint density at radius 3 is 2.21 bits per heavy atom. The van der Waals surface area contributed by atoms with Crippen molar-refractivity contribution in [1.29, 1.82) is 0 Å². The number of hydrogen-bond acceptors (Lipinski definition) is 2. The van der Waals surface area contributed by atoms with E-state index in [0.29, 0.717) is 30.4 Å². The highest BCUT2D eigenvalue weighted by Gasteiger charge is 2.22. The van der Waals surface area contributed by atoms with Crippen molar-refractivity contribution in [2.45, 2.75) is 39.0 Å². The molecule has 0 spiro atoms. The third-order valence-corrected chi connectivity index (χ3v) is 3.17. The van der Waals surface area contributed by atoms with Gasteiger partial charge in [-0.25, -0.2) is 0 Å². The minimum atomic E-state index is 0.206. The highest BCUT2D eigenvalue weighted by molar-refractivity contribution is 5.94. The fraction of sp³-hybridized carbons (Fsp3) is 0.750. The molecule has 2 heteroatoms. The summed E-state index contributed by atoms with van der Waals surface area (Å²) in [6.45, 7) is 5.75. The molecule has 1 saturated carbocycles. The molecule has 0 aromatic carbocycles. The fourth-order valence-electron chi connectivity index (χ4n) is 2.05. The maximum atomic E-state index is 11.4. The lowest BCUT2D eigenvalue weighted by Gasteiger charge is -2.26. The topological polar surface area (TPSA) is 37.3 Å². The maximum absolute atomic E-state index is 11.4. The molecule has 0 unspecified atom stereocenters. The molecule has 0 radical (unpaired) electrons. The molecule has 1 N–H and O–H groups in total. The van der Waals surface area contributed by atoms with Gasteiger partial charge in [-0.15, -0.1) is 0 Å². The number of carbonyl (C=O) groups is 1. The van der Waals surface area contributed by atoms with Crippen molar-refractivity contribution in [3.63, 3.8) is 0 Å². The van der Waals surface area contributed by atoms with Gasteiger partial charge in [-0.3, -0.25) is 4.79 Å². The molecule has 0 atom stereocenters. The van der Waals surface area contributed by atoms with Crippen LogP contribution in [0.1, 0.15) is 39.0 Å². The summed E-state index contributed by atoms with van der Waals surface area (Å²) in [7, 11) is 0. The smallest absolute Gasteiger partial charge is 0.158 e. The molecular formula is C12H20O2. The molecule has 1 aliphatic rings. The summed E-state index contributed by atoms with van der Waals surface area (Å²) in [4.78, 5) is 11.4. The number of aliphatic hydroxyl groups excluding tert-OH is 1. The first kappa shape index (κ1) is 11.4. The van der Waals surface area contributed by atoms with Gasteiger partial charge in [0.1, 0.15) is 0 Å². The average Bonchev–Trinajstić information content (AvgIpc) is 2.19.